The maximum atomic E-state index is 12.0. The summed E-state index contributed by atoms with van der Waals surface area (Å²) in [7, 11) is 0. The highest BCUT2D eigenvalue weighted by atomic mass is 19.4. The van der Waals surface area contributed by atoms with Crippen LogP contribution in [0.1, 0.15) is 5.82 Å². The van der Waals surface area contributed by atoms with E-state index in [-0.39, 0.29) is 5.75 Å². The molecule has 1 heterocycles. The van der Waals surface area contributed by atoms with E-state index in [2.05, 4.69) is 20.0 Å². The van der Waals surface area contributed by atoms with Crippen molar-refractivity contribution in [2.75, 3.05) is 11.9 Å². The third kappa shape index (κ3) is 4.53. The topological polar surface area (TPSA) is 49.9 Å². The zero-order chi connectivity index (χ0) is 13.7. The fourth-order valence-electron chi connectivity index (χ4n) is 1.41. The van der Waals surface area contributed by atoms with Crippen molar-refractivity contribution in [1.82, 2.24) is 9.97 Å². The Morgan fingerprint density at radius 2 is 1.95 bits per heavy atom. The number of anilines is 1. The van der Waals surface area contributed by atoms with Gasteiger partial charge in [-0.3, -0.25) is 0 Å². The molecule has 0 unspecified atom stereocenters. The van der Waals surface area contributed by atoms with Gasteiger partial charge in [-0.15, -0.1) is 0 Å². The third-order valence-corrected chi connectivity index (χ3v) is 2.27. The molecule has 19 heavy (non-hydrogen) atoms. The second-order valence-electron chi connectivity index (χ2n) is 3.82. The van der Waals surface area contributed by atoms with Gasteiger partial charge in [-0.1, -0.05) is 0 Å². The predicted molar refractivity (Wildman–Crippen MR) is 63.9 cm³/mol. The van der Waals surface area contributed by atoms with Gasteiger partial charge in [-0.2, -0.15) is 13.2 Å². The second kappa shape index (κ2) is 5.64. The molecule has 0 aliphatic rings. The zero-order valence-electron chi connectivity index (χ0n) is 9.87. The van der Waals surface area contributed by atoms with Crippen LogP contribution in [0.15, 0.2) is 36.7 Å². The van der Waals surface area contributed by atoms with Crippen molar-refractivity contribution < 1.29 is 17.9 Å². The summed E-state index contributed by atoms with van der Waals surface area (Å²) in [5.74, 6) is 0.957. The molecular weight excluding hydrogens is 259 g/mol. The minimum atomic E-state index is -4.32. The predicted octanol–water partition coefficient (Wildman–Crippen LogP) is 2.96. The van der Waals surface area contributed by atoms with Crippen LogP contribution in [0.25, 0.3) is 0 Å². The van der Waals surface area contributed by atoms with Crippen molar-refractivity contribution >= 4 is 5.69 Å². The molecule has 0 bridgehead atoms. The Bertz CT molecular complexity index is 494. The first-order chi connectivity index (χ1) is 9.03. The average molecular weight is 271 g/mol. The van der Waals surface area contributed by atoms with E-state index in [4.69, 9.17) is 0 Å². The lowest BCUT2D eigenvalue weighted by Crippen LogP contribution is -2.19. The minimum absolute atomic E-state index is 0.181. The summed E-state index contributed by atoms with van der Waals surface area (Å²) in [5, 5.41) is 3.08. The fraction of sp³-hybridized carbons (Fsp3) is 0.250. The fourth-order valence-corrected chi connectivity index (χ4v) is 1.41. The van der Waals surface area contributed by atoms with Gasteiger partial charge in [-0.05, 0) is 24.3 Å². The van der Waals surface area contributed by atoms with Gasteiger partial charge in [0.1, 0.15) is 11.6 Å². The van der Waals surface area contributed by atoms with Gasteiger partial charge in [0.15, 0.2) is 6.61 Å². The number of aromatic nitrogens is 2. The van der Waals surface area contributed by atoms with Crippen molar-refractivity contribution in [3.8, 4) is 5.75 Å². The smallest absolute Gasteiger partial charge is 0.422 e. The van der Waals surface area contributed by atoms with Gasteiger partial charge in [0.05, 0.1) is 6.54 Å². The highest BCUT2D eigenvalue weighted by Crippen LogP contribution is 2.20. The van der Waals surface area contributed by atoms with Crippen molar-refractivity contribution in [3.63, 3.8) is 0 Å². The van der Waals surface area contributed by atoms with Crippen LogP contribution < -0.4 is 10.1 Å². The number of imidazole rings is 1. The van der Waals surface area contributed by atoms with Crippen molar-refractivity contribution in [3.05, 3.63) is 42.5 Å². The average Bonchev–Trinajstić information content (AvgIpc) is 2.87. The molecule has 4 nitrogen and oxygen atoms in total. The summed E-state index contributed by atoms with van der Waals surface area (Å²) in [6.45, 7) is -0.776. The van der Waals surface area contributed by atoms with Gasteiger partial charge >= 0.3 is 6.18 Å². The van der Waals surface area contributed by atoms with Crippen LogP contribution in [0.4, 0.5) is 18.9 Å². The van der Waals surface area contributed by atoms with Crippen LogP contribution in [-0.4, -0.2) is 22.8 Å². The monoisotopic (exact) mass is 271 g/mol. The highest BCUT2D eigenvalue weighted by molar-refractivity contribution is 5.46. The minimum Gasteiger partial charge on any atom is -0.484 e. The lowest BCUT2D eigenvalue weighted by Gasteiger charge is -2.10. The van der Waals surface area contributed by atoms with E-state index in [0.717, 1.165) is 11.5 Å². The van der Waals surface area contributed by atoms with Crippen LogP contribution >= 0.6 is 0 Å². The molecule has 0 aliphatic carbocycles. The molecule has 102 valence electrons. The number of ether oxygens (including phenoxy) is 1. The number of rotatable bonds is 5. The number of nitrogens with one attached hydrogen (secondary N) is 2. The first-order valence-electron chi connectivity index (χ1n) is 5.55. The van der Waals surface area contributed by atoms with Crippen LogP contribution in [0, 0.1) is 0 Å². The first-order valence-corrected chi connectivity index (χ1v) is 5.55. The number of hydrogen-bond donors (Lipinski definition) is 2. The zero-order valence-corrected chi connectivity index (χ0v) is 9.87. The molecule has 0 fully saturated rings. The number of halogens is 3. The van der Waals surface area contributed by atoms with Gasteiger partial charge in [0, 0.05) is 18.1 Å². The molecule has 2 N–H and O–H groups in total. The molecule has 0 saturated heterocycles. The number of benzene rings is 1. The summed E-state index contributed by atoms with van der Waals surface area (Å²) < 4.78 is 40.5. The number of nitrogens with zero attached hydrogens (tertiary/aromatic N) is 1. The lowest BCUT2D eigenvalue weighted by molar-refractivity contribution is -0.153. The van der Waals surface area contributed by atoms with Crippen LogP contribution in [0.5, 0.6) is 5.75 Å². The highest BCUT2D eigenvalue weighted by Gasteiger charge is 2.28. The van der Waals surface area contributed by atoms with Crippen LogP contribution in [0.2, 0.25) is 0 Å². The summed E-state index contributed by atoms with van der Waals surface area (Å²) in [4.78, 5) is 6.97. The maximum Gasteiger partial charge on any atom is 0.422 e. The van der Waals surface area contributed by atoms with E-state index in [9.17, 15) is 13.2 Å². The number of alkyl halides is 3. The van der Waals surface area contributed by atoms with Gasteiger partial charge in [0.2, 0.25) is 0 Å². The van der Waals surface area contributed by atoms with E-state index in [1.54, 1.807) is 24.5 Å². The van der Waals surface area contributed by atoms with E-state index in [1.807, 2.05) is 0 Å². The van der Waals surface area contributed by atoms with E-state index in [0.29, 0.717) is 6.54 Å². The van der Waals surface area contributed by atoms with Crippen molar-refractivity contribution in [2.45, 2.75) is 12.7 Å². The molecule has 0 spiro atoms. The van der Waals surface area contributed by atoms with Crippen LogP contribution in [-0.2, 0) is 6.54 Å². The molecule has 0 atom stereocenters. The number of hydrogen-bond acceptors (Lipinski definition) is 3. The van der Waals surface area contributed by atoms with Gasteiger partial charge in [-0.25, -0.2) is 4.98 Å². The Hall–Kier alpha value is -2.18. The van der Waals surface area contributed by atoms with Crippen molar-refractivity contribution in [2.24, 2.45) is 0 Å². The molecule has 0 aliphatic heterocycles. The lowest BCUT2D eigenvalue weighted by atomic mass is 10.3. The van der Waals surface area contributed by atoms with E-state index < -0.39 is 12.8 Å². The largest absolute Gasteiger partial charge is 0.484 e. The Morgan fingerprint density at radius 1 is 1.21 bits per heavy atom. The molecule has 0 saturated carbocycles. The summed E-state index contributed by atoms with van der Waals surface area (Å²) in [5.41, 5.74) is 0.774. The normalized spacial score (nSPS) is 11.3. The van der Waals surface area contributed by atoms with Crippen LogP contribution in [0.3, 0.4) is 0 Å². The first kappa shape index (κ1) is 13.3. The molecule has 1 aromatic carbocycles. The van der Waals surface area contributed by atoms with Gasteiger partial charge < -0.3 is 15.0 Å². The Labute approximate surface area is 107 Å². The number of H-pyrrole nitrogens is 1. The number of aromatic amines is 1. The molecule has 0 amide bonds. The Kier molecular flexibility index (Phi) is 3.94. The summed E-state index contributed by atoms with van der Waals surface area (Å²) in [6, 6.07) is 6.26. The maximum absolute atomic E-state index is 12.0. The second-order valence-corrected chi connectivity index (χ2v) is 3.82. The Morgan fingerprint density at radius 3 is 2.53 bits per heavy atom. The molecule has 2 aromatic rings. The molecule has 2 rings (SSSR count). The molecule has 0 radical (unpaired) electrons. The molecular formula is C12H12F3N3O. The standard InChI is InChI=1S/C12H12F3N3O/c13-12(14,15)8-19-10-3-1-9(2-4-10)18-7-11-16-5-6-17-11/h1-6,18H,7-8H2,(H,16,17). The summed E-state index contributed by atoms with van der Waals surface area (Å²) >= 11 is 0. The SMILES string of the molecule is FC(F)(F)COc1ccc(NCc2ncc[nH]2)cc1. The van der Waals surface area contributed by atoms with E-state index in [1.165, 1.54) is 12.1 Å². The van der Waals surface area contributed by atoms with Crippen molar-refractivity contribution in [1.29, 1.82) is 0 Å². The molecule has 7 heteroatoms. The summed E-state index contributed by atoms with van der Waals surface area (Å²) in [6.07, 6.45) is -0.966. The quantitative estimate of drug-likeness (QED) is 0.879. The molecule has 1 aromatic heterocycles. The van der Waals surface area contributed by atoms with E-state index >= 15 is 0 Å². The van der Waals surface area contributed by atoms with Gasteiger partial charge in [0.25, 0.3) is 0 Å². The Balaban J connectivity index is 1.84. The third-order valence-electron chi connectivity index (χ3n) is 2.27.